The summed E-state index contributed by atoms with van der Waals surface area (Å²) in [6.45, 7) is 9.80. The van der Waals surface area contributed by atoms with E-state index in [-0.39, 0.29) is 5.41 Å². The fourth-order valence-corrected chi connectivity index (χ4v) is 2.15. The van der Waals surface area contributed by atoms with Crippen molar-refractivity contribution < 1.29 is 0 Å². The van der Waals surface area contributed by atoms with Crippen LogP contribution in [0.3, 0.4) is 0 Å². The summed E-state index contributed by atoms with van der Waals surface area (Å²) < 4.78 is 2.09. The van der Waals surface area contributed by atoms with E-state index in [1.165, 1.54) is 0 Å². The van der Waals surface area contributed by atoms with Gasteiger partial charge in [-0.15, -0.1) is 10.2 Å². The number of hydrogen-bond acceptors (Lipinski definition) is 4. The molecule has 0 amide bonds. The second-order valence-corrected chi connectivity index (χ2v) is 6.04. The highest BCUT2D eigenvalue weighted by Crippen LogP contribution is 2.17. The largest absolute Gasteiger partial charge is 0.324 e. The van der Waals surface area contributed by atoms with Gasteiger partial charge in [-0.25, -0.2) is 0 Å². The maximum absolute atomic E-state index is 5.65. The Hall–Kier alpha value is -0.990. The molecule has 18 heavy (non-hydrogen) atoms. The highest BCUT2D eigenvalue weighted by Gasteiger charge is 2.10. The van der Waals surface area contributed by atoms with Crippen LogP contribution in [0.1, 0.15) is 39.9 Å². The first-order chi connectivity index (χ1) is 8.48. The maximum Gasteiger partial charge on any atom is 0.192 e. The number of aromatic nitrogens is 3. The molecule has 0 aliphatic carbocycles. The lowest BCUT2D eigenvalue weighted by molar-refractivity contribution is 0.571. The molecule has 0 unspecified atom stereocenters. The summed E-state index contributed by atoms with van der Waals surface area (Å²) in [4.78, 5) is 0. The van der Waals surface area contributed by atoms with Gasteiger partial charge in [-0.1, -0.05) is 30.5 Å². The molecule has 0 radical (unpaired) electrons. The van der Waals surface area contributed by atoms with E-state index in [9.17, 15) is 0 Å². The van der Waals surface area contributed by atoms with Crippen LogP contribution in [0.5, 0.6) is 0 Å². The summed E-state index contributed by atoms with van der Waals surface area (Å²) >= 11 is 1.62. The SMILES string of the molecule is CCCn1c(CN)nnc1SCC#CC(C)(C)C. The minimum atomic E-state index is 0.0556. The monoisotopic (exact) mass is 266 g/mol. The van der Waals surface area contributed by atoms with Crippen molar-refractivity contribution in [2.24, 2.45) is 11.1 Å². The first kappa shape index (κ1) is 15.1. The smallest absolute Gasteiger partial charge is 0.192 e. The Morgan fingerprint density at radius 2 is 2.06 bits per heavy atom. The van der Waals surface area contributed by atoms with Crippen molar-refractivity contribution in [1.29, 1.82) is 0 Å². The van der Waals surface area contributed by atoms with Crippen LogP contribution in [0.25, 0.3) is 0 Å². The molecule has 4 nitrogen and oxygen atoms in total. The molecule has 0 fully saturated rings. The van der Waals surface area contributed by atoms with E-state index >= 15 is 0 Å². The Kier molecular flexibility index (Phi) is 5.70. The number of nitrogens with zero attached hydrogens (tertiary/aromatic N) is 3. The lowest BCUT2D eigenvalue weighted by Gasteiger charge is -2.07. The molecule has 1 aromatic rings. The van der Waals surface area contributed by atoms with Gasteiger partial charge in [-0.3, -0.25) is 0 Å². The molecular formula is C13H22N4S. The van der Waals surface area contributed by atoms with Crippen molar-refractivity contribution in [3.63, 3.8) is 0 Å². The molecule has 100 valence electrons. The molecule has 0 spiro atoms. The van der Waals surface area contributed by atoms with Crippen LogP contribution in [0, 0.1) is 17.3 Å². The summed E-state index contributed by atoms with van der Waals surface area (Å²) in [5.41, 5.74) is 5.70. The lowest BCUT2D eigenvalue weighted by atomic mass is 9.98. The molecule has 0 aliphatic heterocycles. The lowest BCUT2D eigenvalue weighted by Crippen LogP contribution is -2.09. The third-order valence-corrected chi connectivity index (χ3v) is 3.01. The van der Waals surface area contributed by atoms with Gasteiger partial charge in [-0.2, -0.15) is 0 Å². The Labute approximate surface area is 114 Å². The van der Waals surface area contributed by atoms with E-state index in [1.54, 1.807) is 11.8 Å². The van der Waals surface area contributed by atoms with Crippen LogP contribution >= 0.6 is 11.8 Å². The molecule has 0 saturated carbocycles. The average molecular weight is 266 g/mol. The Balaban J connectivity index is 2.66. The fraction of sp³-hybridized carbons (Fsp3) is 0.692. The predicted molar refractivity (Wildman–Crippen MR) is 76.2 cm³/mol. The molecular weight excluding hydrogens is 244 g/mol. The highest BCUT2D eigenvalue weighted by atomic mass is 32.2. The number of hydrogen-bond donors (Lipinski definition) is 1. The van der Waals surface area contributed by atoms with E-state index in [4.69, 9.17) is 5.73 Å². The average Bonchev–Trinajstić information content (AvgIpc) is 2.66. The molecule has 0 atom stereocenters. The zero-order chi connectivity index (χ0) is 13.6. The van der Waals surface area contributed by atoms with Gasteiger partial charge in [0.1, 0.15) is 5.82 Å². The third kappa shape index (κ3) is 4.71. The molecule has 2 N–H and O–H groups in total. The molecule has 1 rings (SSSR count). The van der Waals surface area contributed by atoms with Gasteiger partial charge in [0.05, 0.1) is 12.3 Å². The van der Waals surface area contributed by atoms with E-state index < -0.39 is 0 Å². The van der Waals surface area contributed by atoms with Crippen molar-refractivity contribution in [2.75, 3.05) is 5.75 Å². The van der Waals surface area contributed by atoms with Crippen molar-refractivity contribution in [3.05, 3.63) is 5.82 Å². The highest BCUT2D eigenvalue weighted by molar-refractivity contribution is 7.99. The van der Waals surface area contributed by atoms with Crippen LogP contribution in [0.4, 0.5) is 0 Å². The second-order valence-electron chi connectivity index (χ2n) is 5.10. The molecule has 1 heterocycles. The van der Waals surface area contributed by atoms with E-state index in [0.29, 0.717) is 6.54 Å². The van der Waals surface area contributed by atoms with Gasteiger partial charge in [0.25, 0.3) is 0 Å². The standard InChI is InChI=1S/C13H22N4S/c1-5-8-17-11(10-14)15-16-12(17)18-9-6-7-13(2,3)4/h5,8-10,14H2,1-4H3. The van der Waals surface area contributed by atoms with Crippen LogP contribution in [0.15, 0.2) is 5.16 Å². The summed E-state index contributed by atoms with van der Waals surface area (Å²) in [5, 5.41) is 9.18. The zero-order valence-electron chi connectivity index (χ0n) is 11.7. The van der Waals surface area contributed by atoms with Gasteiger partial charge in [0.2, 0.25) is 0 Å². The van der Waals surface area contributed by atoms with Gasteiger partial charge in [0, 0.05) is 12.0 Å². The second kappa shape index (κ2) is 6.81. The van der Waals surface area contributed by atoms with E-state index in [1.807, 2.05) is 0 Å². The first-order valence-corrected chi connectivity index (χ1v) is 7.21. The Morgan fingerprint density at radius 3 is 2.61 bits per heavy atom. The Morgan fingerprint density at radius 1 is 1.33 bits per heavy atom. The normalized spacial score (nSPS) is 11.2. The van der Waals surface area contributed by atoms with Gasteiger partial charge >= 0.3 is 0 Å². The summed E-state index contributed by atoms with van der Waals surface area (Å²) in [7, 11) is 0. The summed E-state index contributed by atoms with van der Waals surface area (Å²) in [5.74, 6) is 7.97. The van der Waals surface area contributed by atoms with E-state index in [2.05, 4.69) is 54.3 Å². The number of thioether (sulfide) groups is 1. The van der Waals surface area contributed by atoms with E-state index in [0.717, 1.165) is 29.7 Å². The third-order valence-electron chi connectivity index (χ3n) is 2.16. The number of nitrogens with two attached hydrogens (primary N) is 1. The fourth-order valence-electron chi connectivity index (χ4n) is 1.43. The molecule has 0 saturated heterocycles. The quantitative estimate of drug-likeness (QED) is 0.656. The Bertz CT molecular complexity index is 434. The molecule has 5 heteroatoms. The molecule has 0 aliphatic rings. The molecule has 1 aromatic heterocycles. The van der Waals surface area contributed by atoms with Crippen molar-refractivity contribution in [1.82, 2.24) is 14.8 Å². The summed E-state index contributed by atoms with van der Waals surface area (Å²) in [6.07, 6.45) is 1.05. The van der Waals surface area contributed by atoms with Crippen LogP contribution in [-0.4, -0.2) is 20.5 Å². The van der Waals surface area contributed by atoms with Gasteiger partial charge in [0.15, 0.2) is 5.16 Å². The van der Waals surface area contributed by atoms with Crippen molar-refractivity contribution in [3.8, 4) is 11.8 Å². The van der Waals surface area contributed by atoms with Crippen molar-refractivity contribution >= 4 is 11.8 Å². The topological polar surface area (TPSA) is 56.7 Å². The van der Waals surface area contributed by atoms with Crippen LogP contribution < -0.4 is 5.73 Å². The minimum Gasteiger partial charge on any atom is -0.324 e. The minimum absolute atomic E-state index is 0.0556. The molecule has 0 aromatic carbocycles. The van der Waals surface area contributed by atoms with Gasteiger partial charge < -0.3 is 10.3 Å². The predicted octanol–water partition coefficient (Wildman–Crippen LogP) is 2.29. The number of rotatable bonds is 5. The van der Waals surface area contributed by atoms with Crippen LogP contribution in [0.2, 0.25) is 0 Å². The van der Waals surface area contributed by atoms with Gasteiger partial charge in [-0.05, 0) is 27.2 Å². The molecule has 0 bridgehead atoms. The van der Waals surface area contributed by atoms with Crippen molar-refractivity contribution in [2.45, 2.75) is 52.4 Å². The zero-order valence-corrected chi connectivity index (χ0v) is 12.5. The summed E-state index contributed by atoms with van der Waals surface area (Å²) in [6, 6.07) is 0. The van der Waals surface area contributed by atoms with Crippen LogP contribution in [-0.2, 0) is 13.1 Å². The first-order valence-electron chi connectivity index (χ1n) is 6.23. The maximum atomic E-state index is 5.65.